The van der Waals surface area contributed by atoms with Crippen molar-refractivity contribution < 1.29 is 14.6 Å². The standard InChI is InChI=1S/C15H11N3O5/c19-15(9-6-11-4-2-1-3-5-11)16-13-8-7-12(17(20)21)10-14(13)18(22)23/h1-10H,(H,16,19)/b9-6-. The molecule has 0 aliphatic rings. The fourth-order valence-corrected chi connectivity index (χ4v) is 1.80. The quantitative estimate of drug-likeness (QED) is 0.517. The van der Waals surface area contributed by atoms with E-state index in [1.165, 1.54) is 6.08 Å². The van der Waals surface area contributed by atoms with Crippen LogP contribution in [0.1, 0.15) is 5.56 Å². The van der Waals surface area contributed by atoms with E-state index in [2.05, 4.69) is 5.32 Å². The van der Waals surface area contributed by atoms with Crippen LogP contribution in [0, 0.1) is 20.2 Å². The second-order valence-corrected chi connectivity index (χ2v) is 4.45. The molecule has 2 aromatic carbocycles. The zero-order valence-electron chi connectivity index (χ0n) is 11.7. The predicted molar refractivity (Wildman–Crippen MR) is 83.9 cm³/mol. The Kier molecular flexibility index (Phi) is 4.78. The summed E-state index contributed by atoms with van der Waals surface area (Å²) in [5, 5.41) is 24.0. The van der Waals surface area contributed by atoms with Gasteiger partial charge in [-0.25, -0.2) is 0 Å². The van der Waals surface area contributed by atoms with Crippen molar-refractivity contribution >= 4 is 29.0 Å². The van der Waals surface area contributed by atoms with Gasteiger partial charge >= 0.3 is 0 Å². The average Bonchev–Trinajstić information content (AvgIpc) is 2.54. The Labute approximate surface area is 130 Å². The number of carbonyl (C=O) groups excluding carboxylic acids is 1. The summed E-state index contributed by atoms with van der Waals surface area (Å²) >= 11 is 0. The molecule has 0 saturated heterocycles. The predicted octanol–water partition coefficient (Wildman–Crippen LogP) is 3.15. The van der Waals surface area contributed by atoms with Crippen molar-refractivity contribution in [3.05, 3.63) is 80.4 Å². The molecule has 8 nitrogen and oxygen atoms in total. The molecular weight excluding hydrogens is 302 g/mol. The Morgan fingerprint density at radius 3 is 2.30 bits per heavy atom. The first-order valence-electron chi connectivity index (χ1n) is 6.44. The van der Waals surface area contributed by atoms with Crippen LogP contribution in [0.15, 0.2) is 54.6 Å². The molecule has 0 heterocycles. The normalized spacial score (nSPS) is 10.4. The van der Waals surface area contributed by atoms with Gasteiger partial charge in [0.05, 0.1) is 15.9 Å². The molecule has 8 heteroatoms. The third-order valence-electron chi connectivity index (χ3n) is 2.87. The Bertz CT molecular complexity index is 787. The highest BCUT2D eigenvalue weighted by molar-refractivity contribution is 6.03. The van der Waals surface area contributed by atoms with Crippen LogP contribution in [0.4, 0.5) is 17.1 Å². The minimum Gasteiger partial charge on any atom is -0.317 e. The van der Waals surface area contributed by atoms with Gasteiger partial charge in [-0.3, -0.25) is 25.0 Å². The van der Waals surface area contributed by atoms with E-state index in [0.29, 0.717) is 0 Å². The lowest BCUT2D eigenvalue weighted by Crippen LogP contribution is -2.09. The van der Waals surface area contributed by atoms with E-state index in [4.69, 9.17) is 0 Å². The van der Waals surface area contributed by atoms with Crippen molar-refractivity contribution in [3.63, 3.8) is 0 Å². The monoisotopic (exact) mass is 313 g/mol. The molecule has 2 rings (SSSR count). The lowest BCUT2D eigenvalue weighted by molar-refractivity contribution is -0.393. The lowest BCUT2D eigenvalue weighted by Gasteiger charge is -2.03. The van der Waals surface area contributed by atoms with Crippen LogP contribution in [-0.4, -0.2) is 15.8 Å². The first-order valence-corrected chi connectivity index (χ1v) is 6.44. The fourth-order valence-electron chi connectivity index (χ4n) is 1.80. The number of hydrogen-bond acceptors (Lipinski definition) is 5. The number of benzene rings is 2. The van der Waals surface area contributed by atoms with Crippen molar-refractivity contribution in [3.8, 4) is 0 Å². The fraction of sp³-hybridized carbons (Fsp3) is 0. The molecule has 0 spiro atoms. The minimum atomic E-state index is -0.788. The molecule has 0 aromatic heterocycles. The molecule has 0 radical (unpaired) electrons. The molecule has 0 unspecified atom stereocenters. The Balaban J connectivity index is 2.19. The Morgan fingerprint density at radius 1 is 1.00 bits per heavy atom. The third-order valence-corrected chi connectivity index (χ3v) is 2.87. The molecule has 116 valence electrons. The zero-order chi connectivity index (χ0) is 16.8. The van der Waals surface area contributed by atoms with Gasteiger partial charge in [0.25, 0.3) is 11.4 Å². The molecule has 1 amide bonds. The number of rotatable bonds is 5. The number of anilines is 1. The number of hydrogen-bond donors (Lipinski definition) is 1. The summed E-state index contributed by atoms with van der Waals surface area (Å²) in [6, 6.07) is 12.0. The van der Waals surface area contributed by atoms with E-state index in [1.54, 1.807) is 30.3 Å². The van der Waals surface area contributed by atoms with E-state index in [1.807, 2.05) is 6.07 Å². The van der Waals surface area contributed by atoms with E-state index in [9.17, 15) is 25.0 Å². The summed E-state index contributed by atoms with van der Waals surface area (Å²) in [5.74, 6) is -0.578. The molecule has 0 aliphatic heterocycles. The molecule has 1 N–H and O–H groups in total. The number of amides is 1. The Morgan fingerprint density at radius 2 is 1.70 bits per heavy atom. The number of nitrogens with one attached hydrogen (secondary N) is 1. The van der Waals surface area contributed by atoms with Crippen LogP contribution in [0.2, 0.25) is 0 Å². The molecule has 2 aromatic rings. The topological polar surface area (TPSA) is 115 Å². The number of nitrogens with zero attached hydrogens (tertiary/aromatic N) is 2. The maximum Gasteiger partial charge on any atom is 0.299 e. The van der Waals surface area contributed by atoms with Gasteiger partial charge in [0, 0.05) is 12.1 Å². The molecule has 23 heavy (non-hydrogen) atoms. The van der Waals surface area contributed by atoms with E-state index in [-0.39, 0.29) is 5.69 Å². The van der Waals surface area contributed by atoms with E-state index in [0.717, 1.165) is 23.8 Å². The average molecular weight is 313 g/mol. The van der Waals surface area contributed by atoms with E-state index >= 15 is 0 Å². The summed E-state index contributed by atoms with van der Waals surface area (Å²) in [6.45, 7) is 0. The smallest absolute Gasteiger partial charge is 0.299 e. The molecule has 0 atom stereocenters. The first kappa shape index (κ1) is 15.8. The van der Waals surface area contributed by atoms with Gasteiger partial charge < -0.3 is 5.32 Å². The van der Waals surface area contributed by atoms with Gasteiger partial charge in [0.2, 0.25) is 5.91 Å². The number of nitro groups is 2. The van der Waals surface area contributed by atoms with Crippen molar-refractivity contribution in [2.24, 2.45) is 0 Å². The highest BCUT2D eigenvalue weighted by Crippen LogP contribution is 2.28. The second kappa shape index (κ2) is 6.94. The van der Waals surface area contributed by atoms with Gasteiger partial charge in [-0.1, -0.05) is 30.3 Å². The lowest BCUT2D eigenvalue weighted by atomic mass is 10.2. The van der Waals surface area contributed by atoms with Crippen LogP contribution in [0.5, 0.6) is 0 Å². The highest BCUT2D eigenvalue weighted by Gasteiger charge is 2.20. The van der Waals surface area contributed by atoms with Crippen LogP contribution in [0.3, 0.4) is 0 Å². The minimum absolute atomic E-state index is 0.108. The van der Waals surface area contributed by atoms with Crippen molar-refractivity contribution in [1.29, 1.82) is 0 Å². The van der Waals surface area contributed by atoms with Gasteiger partial charge in [-0.05, 0) is 17.7 Å². The molecule has 0 bridgehead atoms. The van der Waals surface area contributed by atoms with Gasteiger partial charge in [-0.2, -0.15) is 0 Å². The van der Waals surface area contributed by atoms with Crippen LogP contribution in [0.25, 0.3) is 6.08 Å². The van der Waals surface area contributed by atoms with Crippen molar-refractivity contribution in [2.75, 3.05) is 5.32 Å². The summed E-state index contributed by atoms with van der Waals surface area (Å²) < 4.78 is 0. The number of nitro benzene ring substituents is 2. The molecule has 0 fully saturated rings. The first-order chi connectivity index (χ1) is 11.0. The summed E-state index contributed by atoms with van der Waals surface area (Å²) in [7, 11) is 0. The highest BCUT2D eigenvalue weighted by atomic mass is 16.6. The Hall–Kier alpha value is -3.55. The van der Waals surface area contributed by atoms with Gasteiger partial charge in [0.15, 0.2) is 0 Å². The van der Waals surface area contributed by atoms with Gasteiger partial charge in [0.1, 0.15) is 5.69 Å². The molecular formula is C15H11N3O5. The maximum atomic E-state index is 11.8. The van der Waals surface area contributed by atoms with Crippen LogP contribution in [-0.2, 0) is 4.79 Å². The van der Waals surface area contributed by atoms with Crippen LogP contribution < -0.4 is 5.32 Å². The zero-order valence-corrected chi connectivity index (χ0v) is 11.7. The van der Waals surface area contributed by atoms with Gasteiger partial charge in [-0.15, -0.1) is 0 Å². The summed E-state index contributed by atoms with van der Waals surface area (Å²) in [6.07, 6.45) is 2.77. The SMILES string of the molecule is O=C(/C=C\c1ccccc1)Nc1ccc([N+](=O)[O-])cc1[N+](=O)[O-]. The summed E-state index contributed by atoms with van der Waals surface area (Å²) in [5.41, 5.74) is -0.278. The van der Waals surface area contributed by atoms with Crippen molar-refractivity contribution in [2.45, 2.75) is 0 Å². The number of carbonyl (C=O) groups is 1. The molecule has 0 aliphatic carbocycles. The second-order valence-electron chi connectivity index (χ2n) is 4.45. The van der Waals surface area contributed by atoms with Crippen molar-refractivity contribution in [1.82, 2.24) is 0 Å². The van der Waals surface area contributed by atoms with E-state index < -0.39 is 27.1 Å². The van der Waals surface area contributed by atoms with Crippen LogP contribution >= 0.6 is 0 Å². The molecule has 0 saturated carbocycles. The third kappa shape index (κ3) is 4.21. The summed E-state index contributed by atoms with van der Waals surface area (Å²) in [4.78, 5) is 31.9. The largest absolute Gasteiger partial charge is 0.317 e. The number of non-ortho nitro benzene ring substituents is 1. The maximum absolute atomic E-state index is 11.8.